The van der Waals surface area contributed by atoms with Crippen LogP contribution >= 0.6 is 0 Å². The molecule has 4 rings (SSSR count). The topological polar surface area (TPSA) is 99.8 Å². The molecule has 0 spiro atoms. The maximum absolute atomic E-state index is 12.8. The first-order valence-electron chi connectivity index (χ1n) is 10.3. The first kappa shape index (κ1) is 21.2. The van der Waals surface area contributed by atoms with Crippen molar-refractivity contribution in [2.45, 2.75) is 19.3 Å². The summed E-state index contributed by atoms with van der Waals surface area (Å²) in [5, 5.41) is 23.1. The van der Waals surface area contributed by atoms with Gasteiger partial charge in [-0.2, -0.15) is 0 Å². The summed E-state index contributed by atoms with van der Waals surface area (Å²) in [4.78, 5) is 25.2. The molecule has 0 aliphatic heterocycles. The van der Waals surface area contributed by atoms with Crippen molar-refractivity contribution in [3.8, 4) is 11.5 Å². The van der Waals surface area contributed by atoms with Crippen molar-refractivity contribution in [1.82, 2.24) is 5.32 Å². The van der Waals surface area contributed by atoms with Crippen LogP contribution in [-0.4, -0.2) is 22.7 Å². The lowest BCUT2D eigenvalue weighted by molar-refractivity contribution is -0.120. The molecule has 0 aliphatic carbocycles. The quantitative estimate of drug-likeness (QED) is 0.402. The van der Waals surface area contributed by atoms with E-state index in [0.29, 0.717) is 17.5 Å². The summed E-state index contributed by atoms with van der Waals surface area (Å²) in [6.07, 6.45) is -0.180. The average Bonchev–Trinajstić information content (AvgIpc) is 2.77. The van der Waals surface area contributed by atoms with E-state index in [9.17, 15) is 19.8 Å². The minimum absolute atomic E-state index is 0.0394. The molecule has 4 aromatic rings. The number of rotatable bonds is 6. The molecule has 0 bridgehead atoms. The van der Waals surface area contributed by atoms with Crippen molar-refractivity contribution in [2.24, 2.45) is 0 Å². The van der Waals surface area contributed by atoms with Gasteiger partial charge >= 0.3 is 5.63 Å². The van der Waals surface area contributed by atoms with Crippen LogP contribution in [0.1, 0.15) is 28.2 Å². The van der Waals surface area contributed by atoms with Crippen LogP contribution in [0.2, 0.25) is 0 Å². The molecule has 0 fully saturated rings. The maximum atomic E-state index is 12.8. The van der Waals surface area contributed by atoms with E-state index in [2.05, 4.69) is 5.32 Å². The fourth-order valence-corrected chi connectivity index (χ4v) is 3.95. The largest absolute Gasteiger partial charge is 0.508 e. The normalized spacial score (nSPS) is 11.1. The molecule has 6 heteroatoms. The van der Waals surface area contributed by atoms with E-state index in [1.165, 1.54) is 12.1 Å². The van der Waals surface area contributed by atoms with Crippen molar-refractivity contribution >= 4 is 16.9 Å². The van der Waals surface area contributed by atoms with Crippen LogP contribution in [0.25, 0.3) is 11.0 Å². The second kappa shape index (κ2) is 8.98. The maximum Gasteiger partial charge on any atom is 0.340 e. The second-order valence-corrected chi connectivity index (χ2v) is 7.69. The third kappa shape index (κ3) is 4.34. The second-order valence-electron chi connectivity index (χ2n) is 7.69. The Morgan fingerprint density at radius 3 is 2.16 bits per heavy atom. The van der Waals surface area contributed by atoms with Gasteiger partial charge in [-0.25, -0.2) is 4.79 Å². The van der Waals surface area contributed by atoms with Crippen LogP contribution < -0.4 is 10.9 Å². The van der Waals surface area contributed by atoms with Crippen LogP contribution in [0.5, 0.6) is 11.5 Å². The molecule has 1 amide bonds. The average molecular weight is 429 g/mol. The number of carbonyl (C=O) groups excluding carboxylic acids is 1. The molecule has 32 heavy (non-hydrogen) atoms. The van der Waals surface area contributed by atoms with E-state index in [0.717, 1.165) is 11.1 Å². The van der Waals surface area contributed by atoms with Crippen molar-refractivity contribution in [3.05, 3.63) is 105 Å². The number of phenols is 2. The standard InChI is InChI=1S/C26H23NO5/c1-16-20(26(31)32-23-13-19(28)12-22(29)25(16)23)14-24(30)27-15-21(17-8-4-2-5-9-17)18-10-6-3-7-11-18/h2-13,21,28-29H,14-15H2,1H3,(H,27,30). The van der Waals surface area contributed by atoms with Gasteiger partial charge < -0.3 is 19.9 Å². The first-order valence-corrected chi connectivity index (χ1v) is 10.3. The van der Waals surface area contributed by atoms with Gasteiger partial charge in [0, 0.05) is 24.6 Å². The van der Waals surface area contributed by atoms with Gasteiger partial charge in [0.1, 0.15) is 17.1 Å². The molecule has 0 unspecified atom stereocenters. The van der Waals surface area contributed by atoms with E-state index in [-0.39, 0.29) is 40.9 Å². The number of aromatic hydroxyl groups is 2. The molecule has 0 atom stereocenters. The SMILES string of the molecule is Cc1c(CC(=O)NCC(c2ccccc2)c2ccccc2)c(=O)oc2cc(O)cc(O)c12. The fourth-order valence-electron chi connectivity index (χ4n) is 3.95. The lowest BCUT2D eigenvalue weighted by atomic mass is 9.91. The molecule has 0 radical (unpaired) electrons. The van der Waals surface area contributed by atoms with E-state index < -0.39 is 5.63 Å². The van der Waals surface area contributed by atoms with Crippen molar-refractivity contribution in [3.63, 3.8) is 0 Å². The first-order chi connectivity index (χ1) is 15.4. The molecule has 0 aliphatic rings. The minimum Gasteiger partial charge on any atom is -0.508 e. The summed E-state index contributed by atoms with van der Waals surface area (Å²) in [6, 6.07) is 22.2. The molecule has 3 aromatic carbocycles. The Bertz CT molecular complexity index is 1270. The molecular weight excluding hydrogens is 406 g/mol. The highest BCUT2D eigenvalue weighted by Gasteiger charge is 2.19. The molecule has 162 valence electrons. The summed E-state index contributed by atoms with van der Waals surface area (Å²) in [6.45, 7) is 2.01. The van der Waals surface area contributed by atoms with Gasteiger partial charge in [0.25, 0.3) is 0 Å². The molecule has 1 aromatic heterocycles. The molecule has 1 heterocycles. The van der Waals surface area contributed by atoms with Crippen LogP contribution in [-0.2, 0) is 11.2 Å². The monoisotopic (exact) mass is 429 g/mol. The summed E-state index contributed by atoms with van der Waals surface area (Å²) >= 11 is 0. The number of amides is 1. The number of fused-ring (bicyclic) bond motifs is 1. The minimum atomic E-state index is -0.669. The van der Waals surface area contributed by atoms with E-state index >= 15 is 0 Å². The lowest BCUT2D eigenvalue weighted by Crippen LogP contribution is -2.31. The Hall–Kier alpha value is -4.06. The zero-order valence-electron chi connectivity index (χ0n) is 17.5. The number of carbonyl (C=O) groups is 1. The van der Waals surface area contributed by atoms with Gasteiger partial charge in [0.2, 0.25) is 5.91 Å². The van der Waals surface area contributed by atoms with Crippen LogP contribution in [0.3, 0.4) is 0 Å². The number of hydrogen-bond donors (Lipinski definition) is 3. The van der Waals surface area contributed by atoms with Crippen molar-refractivity contribution < 1.29 is 19.4 Å². The zero-order chi connectivity index (χ0) is 22.7. The number of phenolic OH excluding ortho intramolecular Hbond substituents is 2. The van der Waals surface area contributed by atoms with E-state index in [1.54, 1.807) is 6.92 Å². The molecule has 3 N–H and O–H groups in total. The highest BCUT2D eigenvalue weighted by Crippen LogP contribution is 2.32. The molecule has 6 nitrogen and oxygen atoms in total. The van der Waals surface area contributed by atoms with Crippen LogP contribution in [0, 0.1) is 6.92 Å². The molecular formula is C26H23NO5. The Morgan fingerprint density at radius 2 is 1.56 bits per heavy atom. The fraction of sp³-hybridized carbons (Fsp3) is 0.154. The van der Waals surface area contributed by atoms with E-state index in [1.807, 2.05) is 60.7 Å². The summed E-state index contributed by atoms with van der Waals surface area (Å²) < 4.78 is 5.24. The number of hydrogen-bond acceptors (Lipinski definition) is 5. The van der Waals surface area contributed by atoms with Gasteiger partial charge in [-0.15, -0.1) is 0 Å². The van der Waals surface area contributed by atoms with Crippen molar-refractivity contribution in [1.29, 1.82) is 0 Å². The van der Waals surface area contributed by atoms with E-state index in [4.69, 9.17) is 4.42 Å². The number of benzene rings is 3. The predicted molar refractivity (Wildman–Crippen MR) is 122 cm³/mol. The van der Waals surface area contributed by atoms with Crippen molar-refractivity contribution in [2.75, 3.05) is 6.54 Å². The Balaban J connectivity index is 1.57. The summed E-state index contributed by atoms with van der Waals surface area (Å²) in [5.74, 6) is -0.788. The molecule has 0 saturated carbocycles. The third-order valence-corrected chi connectivity index (χ3v) is 5.59. The van der Waals surface area contributed by atoms with Gasteiger partial charge in [0.15, 0.2) is 0 Å². The van der Waals surface area contributed by atoms with Gasteiger partial charge in [-0.05, 0) is 23.6 Å². The smallest absolute Gasteiger partial charge is 0.340 e. The summed E-state index contributed by atoms with van der Waals surface area (Å²) in [5.41, 5.74) is 2.17. The third-order valence-electron chi connectivity index (χ3n) is 5.59. The molecule has 0 saturated heterocycles. The van der Waals surface area contributed by atoms with Crippen LogP contribution in [0.4, 0.5) is 0 Å². The number of aryl methyl sites for hydroxylation is 1. The van der Waals surface area contributed by atoms with Gasteiger partial charge in [-0.1, -0.05) is 60.7 Å². The zero-order valence-corrected chi connectivity index (χ0v) is 17.5. The highest BCUT2D eigenvalue weighted by molar-refractivity contribution is 5.90. The Morgan fingerprint density at radius 1 is 0.969 bits per heavy atom. The Labute approximate surface area is 184 Å². The summed E-state index contributed by atoms with van der Waals surface area (Å²) in [7, 11) is 0. The van der Waals surface area contributed by atoms with Gasteiger partial charge in [0.05, 0.1) is 17.4 Å². The Kier molecular flexibility index (Phi) is 5.94. The highest BCUT2D eigenvalue weighted by atomic mass is 16.4. The lowest BCUT2D eigenvalue weighted by Gasteiger charge is -2.19. The predicted octanol–water partition coefficient (Wildman–Crippen LogP) is 4.00. The number of nitrogens with one attached hydrogen (secondary N) is 1. The van der Waals surface area contributed by atoms with Gasteiger partial charge in [-0.3, -0.25) is 4.79 Å². The van der Waals surface area contributed by atoms with Crippen LogP contribution in [0.15, 0.2) is 82.0 Å².